The van der Waals surface area contributed by atoms with Gasteiger partial charge in [-0.2, -0.15) is 0 Å². The van der Waals surface area contributed by atoms with Gasteiger partial charge in [0.15, 0.2) is 0 Å². The van der Waals surface area contributed by atoms with Gasteiger partial charge in [-0.25, -0.2) is 10.8 Å². The topological polar surface area (TPSA) is 53.6 Å². The van der Waals surface area contributed by atoms with Gasteiger partial charge in [0.1, 0.15) is 0 Å². The molecule has 0 spiro atoms. The molecular formula is C10H24N4. The Labute approximate surface area is 87.5 Å². The Morgan fingerprint density at radius 1 is 1.36 bits per heavy atom. The van der Waals surface area contributed by atoms with E-state index in [-0.39, 0.29) is 6.04 Å². The van der Waals surface area contributed by atoms with E-state index in [1.54, 1.807) is 0 Å². The molecule has 84 valence electrons. The molecule has 0 aromatic carbocycles. The van der Waals surface area contributed by atoms with Crippen molar-refractivity contribution in [2.75, 3.05) is 6.54 Å². The summed E-state index contributed by atoms with van der Waals surface area (Å²) in [6, 6.07) is 0.683. The Hall–Kier alpha value is -0.770. The molecule has 0 unspecified atom stereocenters. The Bertz CT molecular complexity index is 175. The van der Waals surface area contributed by atoms with E-state index < -0.39 is 0 Å². The minimum atomic E-state index is 0.263. The first-order valence-electron chi connectivity index (χ1n) is 5.34. The molecule has 0 atom stereocenters. The van der Waals surface area contributed by atoms with Gasteiger partial charge < -0.3 is 4.90 Å². The Kier molecular flexibility index (Phi) is 6.28. The summed E-state index contributed by atoms with van der Waals surface area (Å²) in [7, 11) is 0. The number of nitrogens with zero attached hydrogens (tertiary/aromatic N) is 2. The molecule has 0 aromatic rings. The maximum absolute atomic E-state index is 5.47. The quantitative estimate of drug-likeness (QED) is 0.311. The van der Waals surface area contributed by atoms with Crippen molar-refractivity contribution < 1.29 is 0 Å². The Morgan fingerprint density at radius 2 is 1.93 bits per heavy atom. The summed E-state index contributed by atoms with van der Waals surface area (Å²) in [5.74, 6) is 6.26. The van der Waals surface area contributed by atoms with Gasteiger partial charge in [-0.15, -0.1) is 0 Å². The van der Waals surface area contributed by atoms with Crippen LogP contribution in [-0.4, -0.2) is 29.5 Å². The highest BCUT2D eigenvalue weighted by Crippen LogP contribution is 2.01. The summed E-state index contributed by atoms with van der Waals surface area (Å²) >= 11 is 0. The lowest BCUT2D eigenvalue weighted by Gasteiger charge is -2.29. The number of aliphatic imine (C=N–C) groups is 1. The number of nitrogens with one attached hydrogen (secondary N) is 1. The van der Waals surface area contributed by atoms with E-state index in [0.29, 0.717) is 6.04 Å². The molecule has 14 heavy (non-hydrogen) atoms. The maximum atomic E-state index is 5.47. The third kappa shape index (κ3) is 4.46. The molecule has 0 rings (SSSR count). The maximum Gasteiger partial charge on any atom is 0.208 e. The van der Waals surface area contributed by atoms with Gasteiger partial charge in [0, 0.05) is 18.6 Å². The van der Waals surface area contributed by atoms with Crippen LogP contribution in [0.4, 0.5) is 0 Å². The molecule has 3 N–H and O–H groups in total. The van der Waals surface area contributed by atoms with Crippen molar-refractivity contribution in [2.24, 2.45) is 10.8 Å². The minimum Gasteiger partial charge on any atom is -0.340 e. The van der Waals surface area contributed by atoms with Gasteiger partial charge >= 0.3 is 0 Å². The highest BCUT2D eigenvalue weighted by molar-refractivity contribution is 5.79. The van der Waals surface area contributed by atoms with Gasteiger partial charge in [-0.3, -0.25) is 5.43 Å². The zero-order chi connectivity index (χ0) is 11.1. The molecule has 0 fully saturated rings. The molecule has 0 aliphatic heterocycles. The van der Waals surface area contributed by atoms with Gasteiger partial charge in [0.2, 0.25) is 5.96 Å². The smallest absolute Gasteiger partial charge is 0.208 e. The van der Waals surface area contributed by atoms with E-state index >= 15 is 0 Å². The lowest BCUT2D eigenvalue weighted by Crippen LogP contribution is -2.48. The van der Waals surface area contributed by atoms with E-state index in [9.17, 15) is 0 Å². The highest BCUT2D eigenvalue weighted by atomic mass is 15.4. The van der Waals surface area contributed by atoms with E-state index in [4.69, 9.17) is 5.84 Å². The molecule has 0 aromatic heterocycles. The van der Waals surface area contributed by atoms with Crippen LogP contribution in [0.25, 0.3) is 0 Å². The van der Waals surface area contributed by atoms with Crippen molar-refractivity contribution in [3.63, 3.8) is 0 Å². The molecule has 0 radical (unpaired) electrons. The number of hydrogen-bond donors (Lipinski definition) is 2. The summed E-state index contributed by atoms with van der Waals surface area (Å²) in [4.78, 5) is 6.62. The number of guanidine groups is 1. The van der Waals surface area contributed by atoms with Crippen molar-refractivity contribution in [3.05, 3.63) is 0 Å². The summed E-state index contributed by atoms with van der Waals surface area (Å²) < 4.78 is 0. The normalized spacial score (nSPS) is 12.4. The fourth-order valence-corrected chi connectivity index (χ4v) is 1.29. The van der Waals surface area contributed by atoms with Crippen molar-refractivity contribution in [3.8, 4) is 0 Å². The van der Waals surface area contributed by atoms with E-state index in [1.807, 2.05) is 13.8 Å². The van der Waals surface area contributed by atoms with Gasteiger partial charge in [-0.05, 0) is 34.1 Å². The van der Waals surface area contributed by atoms with Gasteiger partial charge in [0.05, 0.1) is 0 Å². The number of nitrogens with two attached hydrogens (primary N) is 1. The monoisotopic (exact) mass is 200 g/mol. The van der Waals surface area contributed by atoms with Crippen molar-refractivity contribution in [1.82, 2.24) is 10.3 Å². The summed E-state index contributed by atoms with van der Waals surface area (Å²) in [5.41, 5.74) is 2.68. The molecular weight excluding hydrogens is 176 g/mol. The second-order valence-electron chi connectivity index (χ2n) is 3.98. The van der Waals surface area contributed by atoms with Crippen LogP contribution < -0.4 is 11.3 Å². The number of hydrogen-bond acceptors (Lipinski definition) is 2. The predicted octanol–water partition coefficient (Wildman–Crippen LogP) is 1.33. The summed E-state index contributed by atoms with van der Waals surface area (Å²) in [5, 5.41) is 0. The molecule has 0 amide bonds. The lowest BCUT2D eigenvalue weighted by molar-refractivity contribution is 0.336. The standard InChI is InChI=1S/C10H24N4/c1-6-7-14(9(4)5)10(13-11)12-8(2)3/h8-9H,6-7,11H2,1-5H3,(H,12,13). The lowest BCUT2D eigenvalue weighted by atomic mass is 10.3. The number of hydrazine groups is 1. The van der Waals surface area contributed by atoms with Crippen LogP contribution in [0.15, 0.2) is 4.99 Å². The average molecular weight is 200 g/mol. The average Bonchev–Trinajstić information content (AvgIpc) is 2.10. The van der Waals surface area contributed by atoms with E-state index in [1.165, 1.54) is 0 Å². The molecule has 0 saturated carbocycles. The molecule has 4 nitrogen and oxygen atoms in total. The molecule has 0 bridgehead atoms. The van der Waals surface area contributed by atoms with Crippen LogP contribution in [-0.2, 0) is 0 Å². The van der Waals surface area contributed by atoms with Crippen LogP contribution in [0.5, 0.6) is 0 Å². The van der Waals surface area contributed by atoms with Crippen LogP contribution in [0.3, 0.4) is 0 Å². The van der Waals surface area contributed by atoms with Crippen LogP contribution >= 0.6 is 0 Å². The molecule has 0 saturated heterocycles. The fraction of sp³-hybridized carbons (Fsp3) is 0.900. The van der Waals surface area contributed by atoms with Crippen molar-refractivity contribution >= 4 is 5.96 Å². The van der Waals surface area contributed by atoms with Crippen LogP contribution in [0.2, 0.25) is 0 Å². The molecule has 0 aliphatic rings. The van der Waals surface area contributed by atoms with E-state index in [0.717, 1.165) is 18.9 Å². The predicted molar refractivity (Wildman–Crippen MR) is 62.0 cm³/mol. The first-order valence-corrected chi connectivity index (χ1v) is 5.34. The fourth-order valence-electron chi connectivity index (χ4n) is 1.29. The molecule has 0 heterocycles. The van der Waals surface area contributed by atoms with Gasteiger partial charge in [0.25, 0.3) is 0 Å². The van der Waals surface area contributed by atoms with Crippen LogP contribution in [0.1, 0.15) is 41.0 Å². The third-order valence-corrected chi connectivity index (χ3v) is 1.87. The largest absolute Gasteiger partial charge is 0.340 e. The van der Waals surface area contributed by atoms with E-state index in [2.05, 4.69) is 36.1 Å². The second kappa shape index (κ2) is 6.65. The Morgan fingerprint density at radius 3 is 2.21 bits per heavy atom. The Balaban J connectivity index is 4.57. The van der Waals surface area contributed by atoms with Gasteiger partial charge in [-0.1, -0.05) is 6.92 Å². The first-order chi connectivity index (χ1) is 6.52. The third-order valence-electron chi connectivity index (χ3n) is 1.87. The molecule has 0 aliphatic carbocycles. The minimum absolute atomic E-state index is 0.263. The zero-order valence-electron chi connectivity index (χ0n) is 10.0. The number of rotatable bonds is 4. The summed E-state index contributed by atoms with van der Waals surface area (Å²) in [6.45, 7) is 11.5. The van der Waals surface area contributed by atoms with Crippen LogP contribution in [0, 0.1) is 0 Å². The zero-order valence-corrected chi connectivity index (χ0v) is 10.0. The molecule has 4 heteroatoms. The highest BCUT2D eigenvalue weighted by Gasteiger charge is 2.12. The summed E-state index contributed by atoms with van der Waals surface area (Å²) in [6.07, 6.45) is 1.09. The first kappa shape index (κ1) is 13.2. The second-order valence-corrected chi connectivity index (χ2v) is 3.98. The van der Waals surface area contributed by atoms with Crippen molar-refractivity contribution in [2.45, 2.75) is 53.1 Å². The van der Waals surface area contributed by atoms with Crippen molar-refractivity contribution in [1.29, 1.82) is 0 Å². The SMILES string of the molecule is CCCN(C(=NC(C)C)NN)C(C)C.